The van der Waals surface area contributed by atoms with Gasteiger partial charge in [-0.15, -0.1) is 0 Å². The summed E-state index contributed by atoms with van der Waals surface area (Å²) in [4.78, 5) is 17.4. The largest absolute Gasteiger partial charge is 0.394 e. The van der Waals surface area contributed by atoms with Crippen LogP contribution >= 0.6 is 15.9 Å². The van der Waals surface area contributed by atoms with E-state index in [1.54, 1.807) is 17.3 Å². The number of amides is 1. The summed E-state index contributed by atoms with van der Waals surface area (Å²) in [5.74, 6) is 0.110. The van der Waals surface area contributed by atoms with Gasteiger partial charge in [0.2, 0.25) is 5.91 Å². The first-order valence-electron chi connectivity index (χ1n) is 5.20. The second-order valence-electron chi connectivity index (χ2n) is 3.91. The van der Waals surface area contributed by atoms with Gasteiger partial charge in [-0.3, -0.25) is 9.78 Å². The van der Waals surface area contributed by atoms with Gasteiger partial charge in [-0.25, -0.2) is 0 Å². The Kier molecular flexibility index (Phi) is 3.56. The molecular formula is C11H13BrN2O2. The van der Waals surface area contributed by atoms with Crippen LogP contribution in [0.5, 0.6) is 0 Å². The predicted octanol–water partition coefficient (Wildman–Crippen LogP) is 1.33. The molecule has 0 bridgehead atoms. The summed E-state index contributed by atoms with van der Waals surface area (Å²) in [6, 6.07) is 1.90. The molecule has 1 amide bonds. The fraction of sp³-hybridized carbons (Fsp3) is 0.455. The lowest BCUT2D eigenvalue weighted by atomic mass is 10.2. The van der Waals surface area contributed by atoms with E-state index >= 15 is 0 Å². The molecule has 1 N–H and O–H groups in total. The lowest BCUT2D eigenvalue weighted by molar-refractivity contribution is -0.130. The molecule has 1 fully saturated rings. The molecule has 0 saturated carbocycles. The van der Waals surface area contributed by atoms with Crippen molar-refractivity contribution in [2.24, 2.45) is 0 Å². The number of likely N-dealkylation sites (tertiary alicyclic amines) is 1. The number of carbonyl (C=O) groups excluding carboxylic acids is 1. The van der Waals surface area contributed by atoms with Crippen molar-refractivity contribution < 1.29 is 9.90 Å². The van der Waals surface area contributed by atoms with Crippen molar-refractivity contribution in [1.82, 2.24) is 9.88 Å². The molecule has 0 aromatic carbocycles. The maximum atomic E-state index is 11.6. The minimum Gasteiger partial charge on any atom is -0.394 e. The number of nitrogens with zero attached hydrogens (tertiary/aromatic N) is 2. The van der Waals surface area contributed by atoms with E-state index in [0.717, 1.165) is 16.5 Å². The van der Waals surface area contributed by atoms with Crippen molar-refractivity contribution in [3.8, 4) is 0 Å². The van der Waals surface area contributed by atoms with Crippen LogP contribution in [0, 0.1) is 0 Å². The number of carbonyl (C=O) groups is 1. The number of hydrogen-bond acceptors (Lipinski definition) is 3. The second-order valence-corrected chi connectivity index (χ2v) is 4.82. The van der Waals surface area contributed by atoms with E-state index in [1.165, 1.54) is 0 Å². The Morgan fingerprint density at radius 3 is 3.06 bits per heavy atom. The molecule has 2 heterocycles. The van der Waals surface area contributed by atoms with Crippen LogP contribution in [0.1, 0.15) is 18.4 Å². The van der Waals surface area contributed by atoms with Crippen molar-refractivity contribution in [3.63, 3.8) is 0 Å². The smallest absolute Gasteiger partial charge is 0.223 e. The molecule has 0 spiro atoms. The number of aliphatic hydroxyl groups excluding tert-OH is 1. The van der Waals surface area contributed by atoms with E-state index in [2.05, 4.69) is 20.9 Å². The molecule has 1 aliphatic rings. The molecule has 86 valence electrons. The molecule has 4 nitrogen and oxygen atoms in total. The molecule has 0 radical (unpaired) electrons. The summed E-state index contributed by atoms with van der Waals surface area (Å²) in [5.41, 5.74) is 0.975. The van der Waals surface area contributed by atoms with Crippen LogP contribution in [0.15, 0.2) is 22.9 Å². The summed E-state index contributed by atoms with van der Waals surface area (Å²) >= 11 is 3.34. The van der Waals surface area contributed by atoms with E-state index in [9.17, 15) is 4.79 Å². The summed E-state index contributed by atoms with van der Waals surface area (Å²) in [7, 11) is 0. The number of pyridine rings is 1. The van der Waals surface area contributed by atoms with Gasteiger partial charge in [0.1, 0.15) is 0 Å². The molecule has 16 heavy (non-hydrogen) atoms. The van der Waals surface area contributed by atoms with Gasteiger partial charge in [-0.2, -0.15) is 0 Å². The predicted molar refractivity (Wildman–Crippen MR) is 62.6 cm³/mol. The highest BCUT2D eigenvalue weighted by Gasteiger charge is 2.30. The lowest BCUT2D eigenvalue weighted by Gasteiger charge is -2.23. The van der Waals surface area contributed by atoms with Crippen LogP contribution in [-0.2, 0) is 11.3 Å². The maximum Gasteiger partial charge on any atom is 0.223 e. The summed E-state index contributed by atoms with van der Waals surface area (Å²) < 4.78 is 0.900. The van der Waals surface area contributed by atoms with E-state index < -0.39 is 0 Å². The fourth-order valence-electron chi connectivity index (χ4n) is 1.94. The normalized spacial score (nSPS) is 20.5. The third kappa shape index (κ3) is 2.41. The Labute approximate surface area is 102 Å². The summed E-state index contributed by atoms with van der Waals surface area (Å²) in [6.07, 6.45) is 4.73. The molecule has 1 unspecified atom stereocenters. The Hall–Kier alpha value is -0.940. The van der Waals surface area contributed by atoms with Gasteiger partial charge in [0.25, 0.3) is 0 Å². The number of rotatable bonds is 3. The third-order valence-corrected chi connectivity index (χ3v) is 3.21. The molecule has 1 saturated heterocycles. The monoisotopic (exact) mass is 284 g/mol. The molecule has 0 aliphatic carbocycles. The van der Waals surface area contributed by atoms with Gasteiger partial charge in [0.05, 0.1) is 12.6 Å². The first-order chi connectivity index (χ1) is 7.70. The van der Waals surface area contributed by atoms with Crippen LogP contribution in [0.25, 0.3) is 0 Å². The van der Waals surface area contributed by atoms with Crippen LogP contribution in [0.3, 0.4) is 0 Å². The Morgan fingerprint density at radius 1 is 1.56 bits per heavy atom. The Morgan fingerprint density at radius 2 is 2.38 bits per heavy atom. The van der Waals surface area contributed by atoms with Crippen molar-refractivity contribution >= 4 is 21.8 Å². The number of halogens is 1. The summed E-state index contributed by atoms with van der Waals surface area (Å²) in [6.45, 7) is 0.559. The SMILES string of the molecule is O=C1CCC(CO)N1Cc1cncc(Br)c1. The second kappa shape index (κ2) is 4.93. The van der Waals surface area contributed by atoms with Gasteiger partial charge in [0, 0.05) is 29.8 Å². The lowest BCUT2D eigenvalue weighted by Crippen LogP contribution is -2.34. The fourth-order valence-corrected chi connectivity index (χ4v) is 2.35. The average molecular weight is 285 g/mol. The highest BCUT2D eigenvalue weighted by atomic mass is 79.9. The summed E-state index contributed by atoms with van der Waals surface area (Å²) in [5, 5.41) is 9.17. The van der Waals surface area contributed by atoms with Crippen LogP contribution in [0.4, 0.5) is 0 Å². The van der Waals surface area contributed by atoms with Crippen molar-refractivity contribution in [2.45, 2.75) is 25.4 Å². The topological polar surface area (TPSA) is 53.4 Å². The third-order valence-electron chi connectivity index (χ3n) is 2.78. The Bertz CT molecular complexity index is 397. The molecule has 1 aromatic heterocycles. The minimum atomic E-state index is -0.0357. The van der Waals surface area contributed by atoms with Crippen LogP contribution < -0.4 is 0 Å². The van der Waals surface area contributed by atoms with Crippen molar-refractivity contribution in [1.29, 1.82) is 0 Å². The zero-order valence-corrected chi connectivity index (χ0v) is 10.4. The maximum absolute atomic E-state index is 11.6. The van der Waals surface area contributed by atoms with E-state index in [4.69, 9.17) is 5.11 Å². The molecule has 2 rings (SSSR count). The highest BCUT2D eigenvalue weighted by molar-refractivity contribution is 9.10. The average Bonchev–Trinajstić information content (AvgIpc) is 2.60. The number of aromatic nitrogens is 1. The van der Waals surface area contributed by atoms with Crippen LogP contribution in [-0.4, -0.2) is 33.5 Å². The van der Waals surface area contributed by atoms with Gasteiger partial charge in [0.15, 0.2) is 0 Å². The standard InChI is InChI=1S/C11H13BrN2O2/c12-9-3-8(4-13-5-9)6-14-10(7-15)1-2-11(14)16/h3-5,10,15H,1-2,6-7H2. The molecule has 1 aliphatic heterocycles. The minimum absolute atomic E-state index is 0.0349. The van der Waals surface area contributed by atoms with E-state index in [0.29, 0.717) is 13.0 Å². The van der Waals surface area contributed by atoms with Crippen molar-refractivity contribution in [3.05, 3.63) is 28.5 Å². The molecular weight excluding hydrogens is 272 g/mol. The van der Waals surface area contributed by atoms with Gasteiger partial charge >= 0.3 is 0 Å². The number of aliphatic hydroxyl groups is 1. The number of hydrogen-bond donors (Lipinski definition) is 1. The van der Waals surface area contributed by atoms with Gasteiger partial charge in [-0.1, -0.05) is 0 Å². The molecule has 5 heteroatoms. The first kappa shape index (κ1) is 11.5. The quantitative estimate of drug-likeness (QED) is 0.911. The highest BCUT2D eigenvalue weighted by Crippen LogP contribution is 2.21. The van der Waals surface area contributed by atoms with Crippen molar-refractivity contribution in [2.75, 3.05) is 6.61 Å². The Balaban J connectivity index is 2.11. The first-order valence-corrected chi connectivity index (χ1v) is 6.00. The zero-order valence-electron chi connectivity index (χ0n) is 8.77. The molecule has 1 aromatic rings. The van der Waals surface area contributed by atoms with E-state index in [-0.39, 0.29) is 18.6 Å². The van der Waals surface area contributed by atoms with Gasteiger partial charge < -0.3 is 10.0 Å². The zero-order chi connectivity index (χ0) is 11.5. The van der Waals surface area contributed by atoms with Gasteiger partial charge in [-0.05, 0) is 34.0 Å². The van der Waals surface area contributed by atoms with E-state index in [1.807, 2.05) is 6.07 Å². The molecule has 1 atom stereocenters. The van der Waals surface area contributed by atoms with Crippen LogP contribution in [0.2, 0.25) is 0 Å².